The molecule has 2 rings (SSSR count). The van der Waals surface area contributed by atoms with Crippen LogP contribution in [0.2, 0.25) is 5.15 Å². The lowest BCUT2D eigenvalue weighted by Crippen LogP contribution is -2.47. The van der Waals surface area contributed by atoms with Gasteiger partial charge in [-0.2, -0.15) is 0 Å². The van der Waals surface area contributed by atoms with E-state index in [9.17, 15) is 0 Å². The Labute approximate surface area is 94.0 Å². The van der Waals surface area contributed by atoms with Crippen molar-refractivity contribution in [1.29, 1.82) is 0 Å². The molecule has 0 aliphatic carbocycles. The molecule has 5 nitrogen and oxygen atoms in total. The van der Waals surface area contributed by atoms with E-state index in [2.05, 4.69) is 32.4 Å². The van der Waals surface area contributed by atoms with Crippen molar-refractivity contribution in [2.24, 2.45) is 0 Å². The molecular weight excluding hydrogens is 214 g/mol. The molecule has 1 aromatic heterocycles. The van der Waals surface area contributed by atoms with Crippen LogP contribution in [0.15, 0.2) is 12.4 Å². The maximum absolute atomic E-state index is 5.75. The molecule has 0 bridgehead atoms. The van der Waals surface area contributed by atoms with Gasteiger partial charge in [-0.15, -0.1) is 0 Å². The van der Waals surface area contributed by atoms with Crippen LogP contribution in [-0.4, -0.2) is 53.1 Å². The maximum Gasteiger partial charge on any atom is 0.160 e. The Morgan fingerprint density at radius 3 is 2.67 bits per heavy atom. The summed E-state index contributed by atoms with van der Waals surface area (Å²) in [5, 5.41) is 2.54. The molecule has 2 heterocycles. The molecule has 15 heavy (non-hydrogen) atoms. The molecule has 0 unspecified atom stereocenters. The first kappa shape index (κ1) is 10.6. The number of hydrazine groups is 1. The molecule has 1 aliphatic rings. The molecule has 1 aromatic rings. The molecule has 1 N–H and O–H groups in total. The Hall–Kier alpha value is -0.910. The molecular formula is C9H14ClN5. The van der Waals surface area contributed by atoms with E-state index < -0.39 is 0 Å². The van der Waals surface area contributed by atoms with Crippen molar-refractivity contribution in [1.82, 2.24) is 19.9 Å². The van der Waals surface area contributed by atoms with Crippen molar-refractivity contribution in [3.63, 3.8) is 0 Å². The summed E-state index contributed by atoms with van der Waals surface area (Å²) in [5.41, 5.74) is 3.19. The number of piperazine rings is 1. The molecule has 1 aliphatic heterocycles. The van der Waals surface area contributed by atoms with Gasteiger partial charge in [0.25, 0.3) is 0 Å². The van der Waals surface area contributed by atoms with Crippen molar-refractivity contribution in [2.45, 2.75) is 0 Å². The number of nitrogens with one attached hydrogen (secondary N) is 1. The normalized spacial score (nSPS) is 19.1. The largest absolute Gasteiger partial charge is 0.304 e. The molecule has 1 saturated heterocycles. The van der Waals surface area contributed by atoms with E-state index in [-0.39, 0.29) is 0 Å². The van der Waals surface area contributed by atoms with Crippen LogP contribution in [0.5, 0.6) is 0 Å². The highest BCUT2D eigenvalue weighted by atomic mass is 35.5. The minimum atomic E-state index is 0.411. The van der Waals surface area contributed by atoms with E-state index in [4.69, 9.17) is 11.6 Å². The number of hydrogen-bond acceptors (Lipinski definition) is 5. The van der Waals surface area contributed by atoms with Gasteiger partial charge in [0.2, 0.25) is 0 Å². The molecule has 6 heteroatoms. The van der Waals surface area contributed by atoms with E-state index >= 15 is 0 Å². The van der Waals surface area contributed by atoms with Gasteiger partial charge in [0.05, 0.1) is 12.4 Å². The quantitative estimate of drug-likeness (QED) is 0.806. The second kappa shape index (κ2) is 4.74. The van der Waals surface area contributed by atoms with Crippen molar-refractivity contribution in [2.75, 3.05) is 38.7 Å². The number of rotatable bonds is 2. The minimum absolute atomic E-state index is 0.411. The van der Waals surface area contributed by atoms with Gasteiger partial charge in [-0.1, -0.05) is 11.6 Å². The lowest BCUT2D eigenvalue weighted by Gasteiger charge is -2.32. The third kappa shape index (κ3) is 3.02. The zero-order chi connectivity index (χ0) is 10.7. The van der Waals surface area contributed by atoms with Gasteiger partial charge in [-0.3, -0.25) is 4.98 Å². The SMILES string of the molecule is CN1CCN(Nc2cncc(Cl)n2)CC1. The van der Waals surface area contributed by atoms with Crippen molar-refractivity contribution in [3.8, 4) is 0 Å². The van der Waals surface area contributed by atoms with Crippen LogP contribution < -0.4 is 5.43 Å². The summed E-state index contributed by atoms with van der Waals surface area (Å²) >= 11 is 5.75. The Morgan fingerprint density at radius 1 is 1.27 bits per heavy atom. The fourth-order valence-corrected chi connectivity index (χ4v) is 1.62. The standard InChI is InChI=1S/C9H14ClN5/c1-14-2-4-15(5-3-14)13-9-7-11-6-8(10)12-9/h6-7H,2-5H2,1H3,(H,12,13). The topological polar surface area (TPSA) is 44.3 Å². The number of likely N-dealkylation sites (N-methyl/N-ethyl adjacent to an activating group) is 1. The van der Waals surface area contributed by atoms with E-state index in [0.717, 1.165) is 26.2 Å². The number of anilines is 1. The molecule has 0 aromatic carbocycles. The van der Waals surface area contributed by atoms with Crippen molar-refractivity contribution < 1.29 is 0 Å². The summed E-state index contributed by atoms with van der Waals surface area (Å²) < 4.78 is 0. The van der Waals surface area contributed by atoms with Crippen molar-refractivity contribution in [3.05, 3.63) is 17.5 Å². The number of halogens is 1. The molecule has 0 saturated carbocycles. The molecule has 0 spiro atoms. The molecule has 1 fully saturated rings. The monoisotopic (exact) mass is 227 g/mol. The van der Waals surface area contributed by atoms with Crippen LogP contribution in [0.4, 0.5) is 5.82 Å². The Morgan fingerprint density at radius 2 is 2.00 bits per heavy atom. The Bertz CT molecular complexity index is 324. The summed E-state index contributed by atoms with van der Waals surface area (Å²) in [4.78, 5) is 10.4. The van der Waals surface area contributed by atoms with Gasteiger partial charge in [0.1, 0.15) is 5.15 Å². The molecule has 0 atom stereocenters. The van der Waals surface area contributed by atoms with Gasteiger partial charge in [-0.05, 0) is 7.05 Å². The highest BCUT2D eigenvalue weighted by Gasteiger charge is 2.13. The van der Waals surface area contributed by atoms with Crippen molar-refractivity contribution >= 4 is 17.4 Å². The van der Waals surface area contributed by atoms with Gasteiger partial charge in [0, 0.05) is 26.2 Å². The predicted octanol–water partition coefficient (Wildman–Crippen LogP) is 0.704. The third-order valence-electron chi connectivity index (χ3n) is 2.38. The smallest absolute Gasteiger partial charge is 0.160 e. The number of hydrogen-bond donors (Lipinski definition) is 1. The second-order valence-corrected chi connectivity index (χ2v) is 4.02. The lowest BCUT2D eigenvalue weighted by molar-refractivity contribution is 0.178. The van der Waals surface area contributed by atoms with Crippen LogP contribution in [-0.2, 0) is 0 Å². The van der Waals surface area contributed by atoms with E-state index in [1.54, 1.807) is 6.20 Å². The number of aromatic nitrogens is 2. The summed E-state index contributed by atoms with van der Waals surface area (Å²) in [5.74, 6) is 0.701. The summed E-state index contributed by atoms with van der Waals surface area (Å²) in [7, 11) is 2.12. The summed E-state index contributed by atoms with van der Waals surface area (Å²) in [6, 6.07) is 0. The van der Waals surface area contributed by atoms with Crippen LogP contribution in [0.1, 0.15) is 0 Å². The second-order valence-electron chi connectivity index (χ2n) is 3.63. The number of nitrogens with zero attached hydrogens (tertiary/aromatic N) is 4. The minimum Gasteiger partial charge on any atom is -0.304 e. The average Bonchev–Trinajstić information content (AvgIpc) is 2.22. The maximum atomic E-state index is 5.75. The zero-order valence-corrected chi connectivity index (χ0v) is 9.41. The third-order valence-corrected chi connectivity index (χ3v) is 2.56. The summed E-state index contributed by atoms with van der Waals surface area (Å²) in [6.45, 7) is 4.07. The zero-order valence-electron chi connectivity index (χ0n) is 8.65. The highest BCUT2D eigenvalue weighted by Crippen LogP contribution is 2.08. The average molecular weight is 228 g/mol. The first-order valence-corrected chi connectivity index (χ1v) is 5.29. The van der Waals surface area contributed by atoms with Gasteiger partial charge in [0.15, 0.2) is 5.82 Å². The van der Waals surface area contributed by atoms with Crippen LogP contribution in [0, 0.1) is 0 Å². The summed E-state index contributed by atoms with van der Waals surface area (Å²) in [6.07, 6.45) is 3.20. The van der Waals surface area contributed by atoms with E-state index in [0.29, 0.717) is 11.0 Å². The van der Waals surface area contributed by atoms with Crippen LogP contribution in [0.3, 0.4) is 0 Å². The molecule has 0 amide bonds. The molecule has 82 valence electrons. The van der Waals surface area contributed by atoms with Gasteiger partial charge < -0.3 is 10.3 Å². The van der Waals surface area contributed by atoms with E-state index in [1.807, 2.05) is 0 Å². The predicted molar refractivity (Wildman–Crippen MR) is 59.7 cm³/mol. The lowest BCUT2D eigenvalue weighted by atomic mass is 10.4. The van der Waals surface area contributed by atoms with Crippen LogP contribution in [0.25, 0.3) is 0 Å². The fourth-order valence-electron chi connectivity index (χ4n) is 1.48. The van der Waals surface area contributed by atoms with Crippen LogP contribution >= 0.6 is 11.6 Å². The molecule has 0 radical (unpaired) electrons. The Balaban J connectivity index is 1.92. The van der Waals surface area contributed by atoms with Gasteiger partial charge >= 0.3 is 0 Å². The highest BCUT2D eigenvalue weighted by molar-refractivity contribution is 6.29. The first-order chi connectivity index (χ1) is 7.24. The van der Waals surface area contributed by atoms with E-state index in [1.165, 1.54) is 6.20 Å². The first-order valence-electron chi connectivity index (χ1n) is 4.92. The fraction of sp³-hybridized carbons (Fsp3) is 0.556. The van der Waals surface area contributed by atoms with Gasteiger partial charge in [-0.25, -0.2) is 9.99 Å². The Kier molecular flexibility index (Phi) is 3.35.